The first-order chi connectivity index (χ1) is 12.8. The molecule has 0 unspecified atom stereocenters. The predicted octanol–water partition coefficient (Wildman–Crippen LogP) is 3.54. The third kappa shape index (κ3) is 3.59. The van der Waals surface area contributed by atoms with Crippen LogP contribution in [0.5, 0.6) is 0 Å². The Morgan fingerprint density at radius 3 is 2.44 bits per heavy atom. The summed E-state index contributed by atoms with van der Waals surface area (Å²) in [6, 6.07) is 12.5. The van der Waals surface area contributed by atoms with Gasteiger partial charge in [0, 0.05) is 12.3 Å². The summed E-state index contributed by atoms with van der Waals surface area (Å²) in [5.41, 5.74) is 2.64. The molecular weight excluding hydrogens is 344 g/mol. The first kappa shape index (κ1) is 18.4. The van der Waals surface area contributed by atoms with Crippen molar-refractivity contribution in [2.75, 3.05) is 0 Å². The van der Waals surface area contributed by atoms with Gasteiger partial charge in [-0.05, 0) is 55.3 Å². The largest absolute Gasteiger partial charge is 0.278 e. The number of nitro benzene ring substituents is 1. The minimum Gasteiger partial charge on any atom is -0.278 e. The van der Waals surface area contributed by atoms with E-state index in [1.54, 1.807) is 22.9 Å². The Balaban J connectivity index is 2.03. The van der Waals surface area contributed by atoms with Crippen molar-refractivity contribution in [3.63, 3.8) is 0 Å². The number of aromatic nitrogens is 4. The Hall–Kier alpha value is -3.42. The molecule has 138 valence electrons. The number of aryl methyl sites for hydroxylation is 2. The molecule has 0 amide bonds. The Labute approximate surface area is 156 Å². The molecule has 2 aromatic carbocycles. The summed E-state index contributed by atoms with van der Waals surface area (Å²) in [4.78, 5) is 15.3. The van der Waals surface area contributed by atoms with Gasteiger partial charge in [0.2, 0.25) is 0 Å². The molecule has 0 N–H and O–H groups in total. The molecule has 1 aromatic heterocycles. The van der Waals surface area contributed by atoms with E-state index in [1.807, 2.05) is 45.9 Å². The van der Waals surface area contributed by atoms with Gasteiger partial charge >= 0.3 is 0 Å². The minimum atomic E-state index is -0.790. The van der Waals surface area contributed by atoms with E-state index in [2.05, 4.69) is 20.5 Å². The zero-order valence-electron chi connectivity index (χ0n) is 15.6. The number of aliphatic imine (C=N–C) groups is 1. The van der Waals surface area contributed by atoms with Gasteiger partial charge in [-0.25, -0.2) is 0 Å². The van der Waals surface area contributed by atoms with Gasteiger partial charge in [-0.15, -0.1) is 5.10 Å². The number of nitro groups is 1. The molecule has 3 aromatic rings. The van der Waals surface area contributed by atoms with Crippen LogP contribution in [0.25, 0.3) is 5.69 Å². The van der Waals surface area contributed by atoms with Crippen LogP contribution in [-0.2, 0) is 5.54 Å². The molecule has 0 fully saturated rings. The Kier molecular flexibility index (Phi) is 4.81. The van der Waals surface area contributed by atoms with Crippen LogP contribution in [0.1, 0.15) is 36.4 Å². The number of para-hydroxylation sites is 2. The SMILES string of the molecule is Cc1cccc(C)c1-n1nnnc1C(C)(C)N=Cc1ccccc1[N+](=O)[O-]. The molecule has 0 saturated carbocycles. The smallest absolute Gasteiger partial charge is 0.278 e. The molecule has 0 bridgehead atoms. The van der Waals surface area contributed by atoms with Crippen molar-refractivity contribution in [1.29, 1.82) is 0 Å². The first-order valence-electron chi connectivity index (χ1n) is 8.45. The van der Waals surface area contributed by atoms with E-state index in [4.69, 9.17) is 0 Å². The molecule has 0 atom stereocenters. The van der Waals surface area contributed by atoms with E-state index in [-0.39, 0.29) is 5.69 Å². The third-order valence-electron chi connectivity index (χ3n) is 4.33. The van der Waals surface area contributed by atoms with Crippen molar-refractivity contribution in [1.82, 2.24) is 20.2 Å². The van der Waals surface area contributed by atoms with Gasteiger partial charge < -0.3 is 0 Å². The molecule has 0 aliphatic heterocycles. The summed E-state index contributed by atoms with van der Waals surface area (Å²) in [5, 5.41) is 23.3. The van der Waals surface area contributed by atoms with Crippen molar-refractivity contribution < 1.29 is 4.92 Å². The number of tetrazole rings is 1. The summed E-state index contributed by atoms with van der Waals surface area (Å²) in [6.07, 6.45) is 1.50. The summed E-state index contributed by atoms with van der Waals surface area (Å²) >= 11 is 0. The molecular formula is C19H20N6O2. The highest BCUT2D eigenvalue weighted by Crippen LogP contribution is 2.27. The number of benzene rings is 2. The highest BCUT2D eigenvalue weighted by atomic mass is 16.6. The third-order valence-corrected chi connectivity index (χ3v) is 4.33. The molecule has 8 heteroatoms. The normalized spacial score (nSPS) is 11.9. The maximum atomic E-state index is 11.2. The van der Waals surface area contributed by atoms with Gasteiger partial charge in [-0.1, -0.05) is 30.3 Å². The molecule has 0 aliphatic rings. The molecule has 0 spiro atoms. The standard InChI is InChI=1S/C19H20N6O2/c1-13-8-7-9-14(2)17(13)24-18(21-22-23-24)19(3,4)20-12-15-10-5-6-11-16(15)25(26)27/h5-12H,1-4H3. The van der Waals surface area contributed by atoms with Crippen molar-refractivity contribution in [2.24, 2.45) is 4.99 Å². The van der Waals surface area contributed by atoms with Gasteiger partial charge in [0.05, 0.1) is 16.2 Å². The Morgan fingerprint density at radius 2 is 1.78 bits per heavy atom. The van der Waals surface area contributed by atoms with E-state index in [0.717, 1.165) is 16.8 Å². The van der Waals surface area contributed by atoms with E-state index < -0.39 is 10.5 Å². The fourth-order valence-corrected chi connectivity index (χ4v) is 2.91. The minimum absolute atomic E-state index is 0.00592. The fourth-order valence-electron chi connectivity index (χ4n) is 2.91. The molecule has 8 nitrogen and oxygen atoms in total. The zero-order valence-corrected chi connectivity index (χ0v) is 15.6. The molecule has 27 heavy (non-hydrogen) atoms. The van der Waals surface area contributed by atoms with Crippen molar-refractivity contribution in [3.8, 4) is 5.69 Å². The van der Waals surface area contributed by atoms with E-state index in [9.17, 15) is 10.1 Å². The number of rotatable bonds is 5. The Morgan fingerprint density at radius 1 is 1.11 bits per heavy atom. The quantitative estimate of drug-likeness (QED) is 0.392. The lowest BCUT2D eigenvalue weighted by atomic mass is 10.0. The van der Waals surface area contributed by atoms with Crippen LogP contribution in [0.15, 0.2) is 47.5 Å². The van der Waals surface area contributed by atoms with Crippen LogP contribution in [-0.4, -0.2) is 31.3 Å². The number of nitrogens with zero attached hydrogens (tertiary/aromatic N) is 6. The molecule has 0 saturated heterocycles. The summed E-state index contributed by atoms with van der Waals surface area (Å²) in [7, 11) is 0. The molecule has 1 heterocycles. The maximum Gasteiger partial charge on any atom is 0.278 e. The molecule has 0 aliphatic carbocycles. The number of hydrogen-bond acceptors (Lipinski definition) is 6. The van der Waals surface area contributed by atoms with Gasteiger partial charge in [0.25, 0.3) is 5.69 Å². The lowest BCUT2D eigenvalue weighted by molar-refractivity contribution is -0.385. The van der Waals surface area contributed by atoms with Crippen LogP contribution in [0, 0.1) is 24.0 Å². The zero-order chi connectivity index (χ0) is 19.6. The molecule has 3 rings (SSSR count). The molecule has 0 radical (unpaired) electrons. The predicted molar refractivity (Wildman–Crippen MR) is 102 cm³/mol. The summed E-state index contributed by atoms with van der Waals surface area (Å²) in [6.45, 7) is 7.73. The van der Waals surface area contributed by atoms with E-state index >= 15 is 0 Å². The lowest BCUT2D eigenvalue weighted by Gasteiger charge is -2.20. The van der Waals surface area contributed by atoms with Crippen LogP contribution in [0.4, 0.5) is 5.69 Å². The summed E-state index contributed by atoms with van der Waals surface area (Å²) < 4.78 is 1.68. The van der Waals surface area contributed by atoms with Crippen molar-refractivity contribution in [2.45, 2.75) is 33.2 Å². The summed E-state index contributed by atoms with van der Waals surface area (Å²) in [5.74, 6) is 0.551. The first-order valence-corrected chi connectivity index (χ1v) is 8.45. The average molecular weight is 364 g/mol. The second-order valence-corrected chi connectivity index (χ2v) is 6.79. The lowest BCUT2D eigenvalue weighted by Crippen LogP contribution is -2.22. The maximum absolute atomic E-state index is 11.2. The van der Waals surface area contributed by atoms with Crippen LogP contribution >= 0.6 is 0 Å². The average Bonchev–Trinajstić information content (AvgIpc) is 3.10. The van der Waals surface area contributed by atoms with Crippen LogP contribution < -0.4 is 0 Å². The van der Waals surface area contributed by atoms with Gasteiger partial charge in [-0.3, -0.25) is 15.1 Å². The topological polar surface area (TPSA) is 99.1 Å². The van der Waals surface area contributed by atoms with E-state index in [0.29, 0.717) is 11.4 Å². The van der Waals surface area contributed by atoms with Crippen molar-refractivity contribution >= 4 is 11.9 Å². The second kappa shape index (κ2) is 7.06. The Bertz CT molecular complexity index is 1000. The van der Waals surface area contributed by atoms with Crippen LogP contribution in [0.3, 0.4) is 0 Å². The highest BCUT2D eigenvalue weighted by molar-refractivity contribution is 5.85. The monoisotopic (exact) mass is 364 g/mol. The van der Waals surface area contributed by atoms with Crippen LogP contribution in [0.2, 0.25) is 0 Å². The van der Waals surface area contributed by atoms with Gasteiger partial charge in [0.15, 0.2) is 5.82 Å². The van der Waals surface area contributed by atoms with Gasteiger partial charge in [-0.2, -0.15) is 4.68 Å². The number of hydrogen-bond donors (Lipinski definition) is 0. The van der Waals surface area contributed by atoms with E-state index in [1.165, 1.54) is 12.3 Å². The van der Waals surface area contributed by atoms with Crippen molar-refractivity contribution in [3.05, 3.63) is 75.1 Å². The van der Waals surface area contributed by atoms with Gasteiger partial charge in [0.1, 0.15) is 5.54 Å². The fraction of sp³-hybridized carbons (Fsp3) is 0.263. The highest BCUT2D eigenvalue weighted by Gasteiger charge is 2.28. The second-order valence-electron chi connectivity index (χ2n) is 6.79.